The van der Waals surface area contributed by atoms with Gasteiger partial charge in [0, 0.05) is 16.9 Å². The number of anilines is 2. The SMILES string of the molecule is Nc1cc(-c2ccc(O)cc2)c(O)c2c1C(=O)c1c(O)c(S(=O)(=O)[O-])cc(N)c1C2=O.[Na+]. The number of benzene rings is 3. The van der Waals surface area contributed by atoms with Crippen molar-refractivity contribution in [1.82, 2.24) is 0 Å². The summed E-state index contributed by atoms with van der Waals surface area (Å²) in [7, 11) is -5.22. The summed E-state index contributed by atoms with van der Waals surface area (Å²) in [5.74, 6) is -3.92. The molecule has 158 valence electrons. The largest absolute Gasteiger partial charge is 1.00 e. The molecule has 1 aliphatic carbocycles. The first-order valence-corrected chi connectivity index (χ1v) is 9.99. The summed E-state index contributed by atoms with van der Waals surface area (Å²) in [6, 6.07) is 7.37. The summed E-state index contributed by atoms with van der Waals surface area (Å²) in [5, 5.41) is 30.5. The normalized spacial score (nSPS) is 12.7. The monoisotopic (exact) mass is 464 g/mol. The molecule has 3 aromatic rings. The Kier molecular flexibility index (Phi) is 5.74. The van der Waals surface area contributed by atoms with Crippen LogP contribution in [0.4, 0.5) is 11.4 Å². The van der Waals surface area contributed by atoms with Crippen LogP contribution in [0, 0.1) is 0 Å². The van der Waals surface area contributed by atoms with Crippen LogP contribution in [0.15, 0.2) is 41.3 Å². The smallest absolute Gasteiger partial charge is 0.744 e. The minimum atomic E-state index is -5.22. The Morgan fingerprint density at radius 2 is 1.22 bits per heavy atom. The number of rotatable bonds is 2. The van der Waals surface area contributed by atoms with Gasteiger partial charge in [-0.15, -0.1) is 0 Å². The summed E-state index contributed by atoms with van der Waals surface area (Å²) < 4.78 is 34.3. The molecule has 0 aliphatic heterocycles. The molecule has 32 heavy (non-hydrogen) atoms. The quantitative estimate of drug-likeness (QED) is 0.0986. The molecule has 0 atom stereocenters. The van der Waals surface area contributed by atoms with Gasteiger partial charge in [0.05, 0.1) is 27.1 Å². The molecular weight excluding hydrogens is 451 g/mol. The number of aromatic hydroxyl groups is 3. The van der Waals surface area contributed by atoms with Crippen molar-refractivity contribution in [3.63, 3.8) is 0 Å². The molecule has 0 amide bonds. The van der Waals surface area contributed by atoms with Crippen molar-refractivity contribution in [3.8, 4) is 28.4 Å². The molecule has 7 N–H and O–H groups in total. The van der Waals surface area contributed by atoms with Gasteiger partial charge in [0.1, 0.15) is 27.4 Å². The fourth-order valence-electron chi connectivity index (χ4n) is 3.59. The number of ketones is 2. The van der Waals surface area contributed by atoms with E-state index < -0.39 is 66.0 Å². The minimum absolute atomic E-state index is 0. The van der Waals surface area contributed by atoms with Gasteiger partial charge in [0.25, 0.3) is 0 Å². The second kappa shape index (κ2) is 7.80. The van der Waals surface area contributed by atoms with Gasteiger partial charge in [0.15, 0.2) is 0 Å². The van der Waals surface area contributed by atoms with Crippen LogP contribution >= 0.6 is 0 Å². The van der Waals surface area contributed by atoms with Crippen LogP contribution in [-0.4, -0.2) is 39.9 Å². The third-order valence-electron chi connectivity index (χ3n) is 4.98. The van der Waals surface area contributed by atoms with Crippen LogP contribution in [0.2, 0.25) is 0 Å². The van der Waals surface area contributed by atoms with Crippen molar-refractivity contribution in [2.24, 2.45) is 0 Å². The standard InChI is InChI=1S/C20H14N2O8S.Na/c21-10-5-9(7-1-3-8(23)4-2-7)17(24)15-13(10)20(27)16-14(19(15)26)11(22)6-12(18(16)25)31(28,29)30;/h1-6,23-25H,21-22H2,(H,28,29,30);/q;+1/p-1. The number of phenolic OH excluding ortho intramolecular Hbond substituents is 3. The van der Waals surface area contributed by atoms with E-state index in [0.29, 0.717) is 11.6 Å². The molecule has 12 heteroatoms. The predicted molar refractivity (Wildman–Crippen MR) is 107 cm³/mol. The van der Waals surface area contributed by atoms with Crippen LogP contribution < -0.4 is 41.0 Å². The molecule has 0 saturated carbocycles. The average molecular weight is 464 g/mol. The van der Waals surface area contributed by atoms with E-state index in [9.17, 15) is 37.9 Å². The molecule has 0 spiro atoms. The summed E-state index contributed by atoms with van der Waals surface area (Å²) in [4.78, 5) is 25.1. The molecule has 0 aromatic heterocycles. The van der Waals surface area contributed by atoms with Gasteiger partial charge in [0.2, 0.25) is 11.6 Å². The predicted octanol–water partition coefficient (Wildman–Crippen LogP) is -1.68. The van der Waals surface area contributed by atoms with Crippen molar-refractivity contribution in [1.29, 1.82) is 0 Å². The van der Waals surface area contributed by atoms with Gasteiger partial charge in [-0.05, 0) is 29.8 Å². The molecule has 4 rings (SSSR count). The Bertz CT molecular complexity index is 1430. The zero-order chi connectivity index (χ0) is 22.8. The minimum Gasteiger partial charge on any atom is -0.744 e. The second-order valence-corrected chi connectivity index (χ2v) is 8.18. The fourth-order valence-corrected chi connectivity index (χ4v) is 4.20. The number of carbonyl (C=O) groups excluding carboxylic acids is 2. The molecule has 0 heterocycles. The van der Waals surface area contributed by atoms with Crippen molar-refractivity contribution < 1.29 is 67.4 Å². The Morgan fingerprint density at radius 1 is 0.750 bits per heavy atom. The van der Waals surface area contributed by atoms with Crippen molar-refractivity contribution in [2.75, 3.05) is 11.5 Å². The van der Waals surface area contributed by atoms with E-state index in [2.05, 4.69) is 0 Å². The van der Waals surface area contributed by atoms with Gasteiger partial charge < -0.3 is 31.3 Å². The molecule has 0 saturated heterocycles. The average Bonchev–Trinajstić information content (AvgIpc) is 2.68. The molecule has 0 fully saturated rings. The van der Waals surface area contributed by atoms with E-state index in [4.69, 9.17) is 11.5 Å². The van der Waals surface area contributed by atoms with Gasteiger partial charge in [-0.1, -0.05) is 12.1 Å². The van der Waals surface area contributed by atoms with Crippen molar-refractivity contribution in [3.05, 3.63) is 58.7 Å². The maximum absolute atomic E-state index is 13.2. The zero-order valence-corrected chi connectivity index (χ0v) is 19.2. The first-order valence-electron chi connectivity index (χ1n) is 8.59. The van der Waals surface area contributed by atoms with Crippen molar-refractivity contribution in [2.45, 2.75) is 4.90 Å². The summed E-state index contributed by atoms with van der Waals surface area (Å²) in [5.41, 5.74) is 9.11. The van der Waals surface area contributed by atoms with Gasteiger partial charge in [-0.25, -0.2) is 8.42 Å². The van der Waals surface area contributed by atoms with E-state index in [0.717, 1.165) is 0 Å². The number of hydrogen-bond acceptors (Lipinski definition) is 10. The van der Waals surface area contributed by atoms with Crippen molar-refractivity contribution >= 4 is 33.1 Å². The van der Waals surface area contributed by atoms with E-state index >= 15 is 0 Å². The summed E-state index contributed by atoms with van der Waals surface area (Å²) in [6.45, 7) is 0. The molecule has 0 radical (unpaired) electrons. The molecule has 10 nitrogen and oxygen atoms in total. The molecule has 0 unspecified atom stereocenters. The zero-order valence-electron chi connectivity index (χ0n) is 16.4. The van der Waals surface area contributed by atoms with Crippen LogP contribution in [0.25, 0.3) is 11.1 Å². The van der Waals surface area contributed by atoms with Gasteiger partial charge in [-0.2, -0.15) is 0 Å². The first kappa shape index (κ1) is 23.6. The topological polar surface area (TPSA) is 204 Å². The third-order valence-corrected chi connectivity index (χ3v) is 5.83. The molecule has 1 aliphatic rings. The van der Waals surface area contributed by atoms with E-state index in [1.807, 2.05) is 0 Å². The summed E-state index contributed by atoms with van der Waals surface area (Å²) in [6.07, 6.45) is 0. The molecular formula is C20H13N2NaO8S. The number of hydrogen-bond donors (Lipinski definition) is 5. The van der Waals surface area contributed by atoms with E-state index in [-0.39, 0.29) is 46.6 Å². The third kappa shape index (κ3) is 3.40. The second-order valence-electron chi connectivity index (χ2n) is 6.83. The fraction of sp³-hybridized carbons (Fsp3) is 0. The number of fused-ring (bicyclic) bond motifs is 2. The Morgan fingerprint density at radius 3 is 1.72 bits per heavy atom. The van der Waals surface area contributed by atoms with Crippen LogP contribution in [0.1, 0.15) is 31.8 Å². The maximum atomic E-state index is 13.2. The number of nitrogens with two attached hydrogens (primary N) is 2. The Hall–Kier alpha value is -3.09. The number of phenols is 3. The van der Waals surface area contributed by atoms with Crippen LogP contribution in [0.3, 0.4) is 0 Å². The van der Waals surface area contributed by atoms with E-state index in [1.54, 1.807) is 0 Å². The van der Waals surface area contributed by atoms with E-state index in [1.165, 1.54) is 30.3 Å². The van der Waals surface area contributed by atoms with Gasteiger partial charge in [-0.3, -0.25) is 9.59 Å². The maximum Gasteiger partial charge on any atom is 1.00 e. The first-order chi connectivity index (χ1) is 14.4. The van der Waals surface area contributed by atoms with Crippen LogP contribution in [0.5, 0.6) is 17.2 Å². The van der Waals surface area contributed by atoms with Crippen LogP contribution in [-0.2, 0) is 10.1 Å². The Labute approximate surface area is 203 Å². The number of carbonyl (C=O) groups is 2. The Balaban J connectivity index is 0.00000289. The summed E-state index contributed by atoms with van der Waals surface area (Å²) >= 11 is 0. The van der Waals surface area contributed by atoms with Gasteiger partial charge >= 0.3 is 29.6 Å². The number of nitrogen functional groups attached to an aromatic ring is 2. The molecule has 3 aromatic carbocycles. The molecule has 0 bridgehead atoms.